The average Bonchev–Trinajstić information content (AvgIpc) is 3.58. The van der Waals surface area contributed by atoms with Gasteiger partial charge in [0, 0.05) is 35.0 Å². The first-order valence-corrected chi connectivity index (χ1v) is 15.3. The van der Waals surface area contributed by atoms with Crippen molar-refractivity contribution in [3.63, 3.8) is 0 Å². The minimum absolute atomic E-state index is 0.0524. The third kappa shape index (κ3) is 6.36. The molecule has 47 heavy (non-hydrogen) atoms. The number of aryl methyl sites for hydroxylation is 1. The lowest BCUT2D eigenvalue weighted by Crippen LogP contribution is -2.29. The Morgan fingerprint density at radius 1 is 1.02 bits per heavy atom. The molecular weight excluding hydrogens is 616 g/mol. The van der Waals surface area contributed by atoms with Gasteiger partial charge in [0.05, 0.1) is 41.6 Å². The molecule has 1 saturated heterocycles. The topological polar surface area (TPSA) is 124 Å². The highest BCUT2D eigenvalue weighted by Gasteiger charge is 2.42. The van der Waals surface area contributed by atoms with Crippen molar-refractivity contribution >= 4 is 40.3 Å². The number of amides is 1. The second-order valence-corrected chi connectivity index (χ2v) is 11.4. The van der Waals surface area contributed by atoms with E-state index in [9.17, 15) is 14.9 Å². The zero-order chi connectivity index (χ0) is 33.1. The molecular formula is C35H32N6O5S. The van der Waals surface area contributed by atoms with Gasteiger partial charge >= 0.3 is 0 Å². The Kier molecular flexibility index (Phi) is 8.85. The molecule has 0 bridgehead atoms. The standard InChI is InChI=1S/C35H32N6O5S/c1-22-19-28(23(2)39(22)30-17-16-26(41(43)44)20-31(30)45-3)34-33(29-11-7-8-18-36-29)38-35(47)40(34)25-14-12-24(13-15-25)37-32(42)21-46-27-9-5-4-6-10-27/h4-20,33-34H,21H2,1-3H3,(H,37,42)(H,38,47)/t33-,34-/m0/s1. The molecule has 1 fully saturated rings. The number of anilines is 2. The quantitative estimate of drug-likeness (QED) is 0.0979. The lowest BCUT2D eigenvalue weighted by atomic mass is 9.96. The minimum Gasteiger partial charge on any atom is -0.494 e. The molecule has 11 nitrogen and oxygen atoms in total. The van der Waals surface area contributed by atoms with Gasteiger partial charge in [-0.3, -0.25) is 19.9 Å². The van der Waals surface area contributed by atoms with Crippen LogP contribution in [0.4, 0.5) is 17.1 Å². The Morgan fingerprint density at radius 2 is 1.77 bits per heavy atom. The van der Waals surface area contributed by atoms with Crippen LogP contribution in [0.3, 0.4) is 0 Å². The number of thiocarbonyl (C=S) groups is 1. The molecule has 0 spiro atoms. The molecule has 3 heterocycles. The Morgan fingerprint density at radius 3 is 2.45 bits per heavy atom. The molecule has 2 N–H and O–H groups in total. The fourth-order valence-corrected chi connectivity index (χ4v) is 6.29. The number of non-ortho nitro benzene ring substituents is 1. The molecule has 12 heteroatoms. The summed E-state index contributed by atoms with van der Waals surface area (Å²) in [4.78, 5) is 30.3. The van der Waals surface area contributed by atoms with Gasteiger partial charge in [0.25, 0.3) is 11.6 Å². The van der Waals surface area contributed by atoms with E-state index in [0.717, 1.165) is 28.3 Å². The van der Waals surface area contributed by atoms with Crippen LogP contribution in [0.5, 0.6) is 11.5 Å². The number of carbonyl (C=O) groups is 1. The summed E-state index contributed by atoms with van der Waals surface area (Å²) in [7, 11) is 1.50. The number of benzene rings is 3. The maximum Gasteiger partial charge on any atom is 0.273 e. The van der Waals surface area contributed by atoms with Crippen molar-refractivity contribution in [1.29, 1.82) is 0 Å². The highest BCUT2D eigenvalue weighted by molar-refractivity contribution is 7.80. The van der Waals surface area contributed by atoms with Crippen LogP contribution in [0.15, 0.2) is 103 Å². The number of hydrogen-bond donors (Lipinski definition) is 2. The van der Waals surface area contributed by atoms with Crippen LogP contribution in [0.2, 0.25) is 0 Å². The molecule has 2 atom stereocenters. The highest BCUT2D eigenvalue weighted by atomic mass is 32.1. The number of nitro groups is 1. The monoisotopic (exact) mass is 648 g/mol. The molecule has 1 aliphatic heterocycles. The molecule has 1 amide bonds. The van der Waals surface area contributed by atoms with Crippen molar-refractivity contribution < 1.29 is 19.2 Å². The van der Waals surface area contributed by atoms with Crippen LogP contribution >= 0.6 is 12.2 Å². The number of rotatable bonds is 10. The average molecular weight is 649 g/mol. The van der Waals surface area contributed by atoms with E-state index < -0.39 is 4.92 Å². The highest BCUT2D eigenvalue weighted by Crippen LogP contribution is 2.44. The Labute approximate surface area is 276 Å². The smallest absolute Gasteiger partial charge is 0.273 e. The van der Waals surface area contributed by atoms with Crippen LogP contribution in [-0.2, 0) is 4.79 Å². The number of para-hydroxylation sites is 1. The largest absolute Gasteiger partial charge is 0.494 e. The maximum atomic E-state index is 12.6. The summed E-state index contributed by atoms with van der Waals surface area (Å²) in [6.07, 6.45) is 1.75. The number of nitrogens with zero attached hydrogens (tertiary/aromatic N) is 4. The van der Waals surface area contributed by atoms with Crippen molar-refractivity contribution in [2.75, 3.05) is 23.9 Å². The predicted octanol–water partition coefficient (Wildman–Crippen LogP) is 6.60. The maximum absolute atomic E-state index is 12.6. The number of hydrogen-bond acceptors (Lipinski definition) is 7. The van der Waals surface area contributed by atoms with Gasteiger partial charge in [0.2, 0.25) is 0 Å². The van der Waals surface area contributed by atoms with Gasteiger partial charge in [0.1, 0.15) is 11.5 Å². The van der Waals surface area contributed by atoms with Gasteiger partial charge in [-0.25, -0.2) is 0 Å². The van der Waals surface area contributed by atoms with Gasteiger partial charge < -0.3 is 29.6 Å². The van der Waals surface area contributed by atoms with E-state index in [-0.39, 0.29) is 30.3 Å². The van der Waals surface area contributed by atoms with Crippen molar-refractivity contribution in [3.8, 4) is 17.2 Å². The lowest BCUT2D eigenvalue weighted by Gasteiger charge is -2.28. The van der Waals surface area contributed by atoms with Crippen molar-refractivity contribution in [2.45, 2.75) is 25.9 Å². The normalized spacial score (nSPS) is 15.6. The van der Waals surface area contributed by atoms with Crippen molar-refractivity contribution in [2.24, 2.45) is 0 Å². The third-order valence-electron chi connectivity index (χ3n) is 8.04. The number of nitrogens with one attached hydrogen (secondary N) is 2. The van der Waals surface area contributed by atoms with Gasteiger partial charge in [-0.1, -0.05) is 24.3 Å². The van der Waals surface area contributed by atoms with E-state index in [1.807, 2.05) is 79.1 Å². The molecule has 0 unspecified atom stereocenters. The van der Waals surface area contributed by atoms with E-state index in [1.165, 1.54) is 19.2 Å². The Bertz CT molecular complexity index is 1930. The zero-order valence-electron chi connectivity index (χ0n) is 25.9. The first-order valence-electron chi connectivity index (χ1n) is 14.8. The SMILES string of the molecule is COc1cc([N+](=O)[O-])ccc1-n1c(C)cc([C@H]2[C@H](c3ccccn3)NC(=S)N2c2ccc(NC(=O)COc3ccccc3)cc2)c1C. The van der Waals surface area contributed by atoms with E-state index in [2.05, 4.69) is 26.6 Å². The van der Waals surface area contributed by atoms with Crippen LogP contribution < -0.4 is 25.0 Å². The van der Waals surface area contributed by atoms with E-state index >= 15 is 0 Å². The van der Waals surface area contributed by atoms with Crippen molar-refractivity contribution in [3.05, 3.63) is 136 Å². The third-order valence-corrected chi connectivity index (χ3v) is 8.36. The summed E-state index contributed by atoms with van der Waals surface area (Å²) in [5.74, 6) is 0.729. The number of aromatic nitrogens is 2. The van der Waals surface area contributed by atoms with Gasteiger partial charge in [0.15, 0.2) is 11.7 Å². The van der Waals surface area contributed by atoms with Gasteiger partial charge in [-0.05, 0) is 92.3 Å². The Balaban J connectivity index is 1.33. The van der Waals surface area contributed by atoms with Crippen molar-refractivity contribution in [1.82, 2.24) is 14.9 Å². The number of methoxy groups -OCH3 is 1. The molecule has 3 aromatic carbocycles. The summed E-state index contributed by atoms with van der Waals surface area (Å²) in [6.45, 7) is 3.88. The van der Waals surface area contributed by atoms with Gasteiger partial charge in [-0.2, -0.15) is 0 Å². The molecule has 238 valence electrons. The zero-order valence-corrected chi connectivity index (χ0v) is 26.7. The number of nitro benzene ring substituents is 1. The second-order valence-electron chi connectivity index (χ2n) is 11.0. The van der Waals surface area contributed by atoms with Gasteiger partial charge in [-0.15, -0.1) is 0 Å². The van der Waals surface area contributed by atoms with Crippen LogP contribution in [0, 0.1) is 24.0 Å². The van der Waals surface area contributed by atoms with E-state index in [4.69, 9.17) is 21.7 Å². The van der Waals surface area contributed by atoms with E-state index in [0.29, 0.717) is 28.0 Å². The molecule has 0 radical (unpaired) electrons. The molecule has 5 aromatic rings. The van der Waals surface area contributed by atoms with Crippen LogP contribution in [0.25, 0.3) is 5.69 Å². The fourth-order valence-electron chi connectivity index (χ4n) is 5.94. The van der Waals surface area contributed by atoms with Crippen LogP contribution in [0.1, 0.15) is 34.7 Å². The fraction of sp³-hybridized carbons (Fsp3) is 0.171. The summed E-state index contributed by atoms with van der Waals surface area (Å²) in [5.41, 5.74) is 5.71. The first kappa shape index (κ1) is 31.2. The van der Waals surface area contributed by atoms with E-state index in [1.54, 1.807) is 24.4 Å². The molecule has 0 aliphatic carbocycles. The summed E-state index contributed by atoms with van der Waals surface area (Å²) >= 11 is 5.93. The predicted molar refractivity (Wildman–Crippen MR) is 183 cm³/mol. The molecule has 0 saturated carbocycles. The summed E-state index contributed by atoms with van der Waals surface area (Å²) in [6, 6.07) is 28.5. The second kappa shape index (κ2) is 13.3. The lowest BCUT2D eigenvalue weighted by molar-refractivity contribution is -0.384. The number of ether oxygens (including phenoxy) is 2. The number of carbonyl (C=O) groups excluding carboxylic acids is 1. The summed E-state index contributed by atoms with van der Waals surface area (Å²) < 4.78 is 13.2. The van der Waals surface area contributed by atoms with Crippen LogP contribution in [-0.4, -0.2) is 39.2 Å². The number of pyridine rings is 1. The summed E-state index contributed by atoms with van der Waals surface area (Å²) in [5, 5.41) is 18.3. The minimum atomic E-state index is -0.442. The first-order chi connectivity index (χ1) is 22.7. The molecule has 1 aliphatic rings. The molecule has 6 rings (SSSR count). The molecule has 2 aromatic heterocycles. The Hall–Kier alpha value is -5.75.